The molecule has 0 saturated carbocycles. The smallest absolute Gasteiger partial charge is 0.139 e. The molecule has 1 unspecified atom stereocenters. The molecule has 3 nitrogen and oxygen atoms in total. The highest BCUT2D eigenvalue weighted by Crippen LogP contribution is 2.30. The Morgan fingerprint density at radius 1 is 1.09 bits per heavy atom. The SMILES string of the molecule is CCCCCCCCCn1c(C2CCCO2)nc2ccccc21. The molecule has 3 rings (SSSR count). The van der Waals surface area contributed by atoms with Gasteiger partial charge in [-0.15, -0.1) is 0 Å². The third-order valence-corrected chi connectivity index (χ3v) is 4.89. The van der Waals surface area contributed by atoms with Crippen molar-refractivity contribution in [2.45, 2.75) is 77.4 Å². The van der Waals surface area contributed by atoms with Crippen molar-refractivity contribution in [1.82, 2.24) is 9.55 Å². The number of imidazole rings is 1. The zero-order valence-corrected chi connectivity index (χ0v) is 14.5. The summed E-state index contributed by atoms with van der Waals surface area (Å²) in [6.07, 6.45) is 11.9. The van der Waals surface area contributed by atoms with Crippen molar-refractivity contribution in [3.05, 3.63) is 30.1 Å². The van der Waals surface area contributed by atoms with Gasteiger partial charge in [0.05, 0.1) is 11.0 Å². The molecule has 1 aromatic heterocycles. The summed E-state index contributed by atoms with van der Waals surface area (Å²) in [5.41, 5.74) is 2.38. The number of aryl methyl sites for hydroxylation is 1. The topological polar surface area (TPSA) is 27.1 Å². The van der Waals surface area contributed by atoms with Crippen LogP contribution in [0.1, 0.15) is 76.6 Å². The zero-order chi connectivity index (χ0) is 15.9. The predicted molar refractivity (Wildman–Crippen MR) is 95.7 cm³/mol. The second kappa shape index (κ2) is 8.49. The fourth-order valence-electron chi connectivity index (χ4n) is 3.58. The molecule has 0 radical (unpaired) electrons. The number of benzene rings is 1. The summed E-state index contributed by atoms with van der Waals surface area (Å²) in [5, 5.41) is 0. The molecule has 126 valence electrons. The number of para-hydroxylation sites is 2. The van der Waals surface area contributed by atoms with Crippen LogP contribution in [0.25, 0.3) is 11.0 Å². The van der Waals surface area contributed by atoms with Crippen LogP contribution in [0.15, 0.2) is 24.3 Å². The van der Waals surface area contributed by atoms with Crippen molar-refractivity contribution in [2.24, 2.45) is 0 Å². The molecule has 0 amide bonds. The Morgan fingerprint density at radius 2 is 1.87 bits per heavy atom. The van der Waals surface area contributed by atoms with E-state index in [1.807, 2.05) is 0 Å². The van der Waals surface area contributed by atoms with Crippen LogP contribution >= 0.6 is 0 Å². The summed E-state index contributed by atoms with van der Waals surface area (Å²) < 4.78 is 8.31. The first-order chi connectivity index (χ1) is 11.4. The standard InChI is InChI=1S/C20H30N2O/c1-2-3-4-5-6-7-10-15-22-18-13-9-8-12-17(18)21-20(22)19-14-11-16-23-19/h8-9,12-13,19H,2-7,10-11,14-16H2,1H3. The highest BCUT2D eigenvalue weighted by Gasteiger charge is 2.24. The summed E-state index contributed by atoms with van der Waals surface area (Å²) in [6, 6.07) is 8.51. The van der Waals surface area contributed by atoms with Gasteiger partial charge in [0.25, 0.3) is 0 Å². The highest BCUT2D eigenvalue weighted by molar-refractivity contribution is 5.76. The molecular formula is C20H30N2O. The van der Waals surface area contributed by atoms with E-state index in [1.165, 1.54) is 50.5 Å². The largest absolute Gasteiger partial charge is 0.370 e. The average Bonchev–Trinajstić information content (AvgIpc) is 3.21. The van der Waals surface area contributed by atoms with E-state index in [1.54, 1.807) is 0 Å². The van der Waals surface area contributed by atoms with Crippen molar-refractivity contribution in [3.63, 3.8) is 0 Å². The number of nitrogens with zero attached hydrogens (tertiary/aromatic N) is 2. The third kappa shape index (κ3) is 4.14. The van der Waals surface area contributed by atoms with Gasteiger partial charge in [0.1, 0.15) is 11.9 Å². The Hall–Kier alpha value is -1.35. The van der Waals surface area contributed by atoms with Crippen molar-refractivity contribution in [2.75, 3.05) is 6.61 Å². The molecule has 2 heterocycles. The van der Waals surface area contributed by atoms with Gasteiger partial charge < -0.3 is 9.30 Å². The lowest BCUT2D eigenvalue weighted by Gasteiger charge is -2.13. The molecule has 1 aromatic carbocycles. The molecule has 1 saturated heterocycles. The van der Waals surface area contributed by atoms with Gasteiger partial charge in [-0.05, 0) is 31.4 Å². The zero-order valence-electron chi connectivity index (χ0n) is 14.5. The van der Waals surface area contributed by atoms with E-state index in [-0.39, 0.29) is 6.10 Å². The molecule has 0 N–H and O–H groups in total. The van der Waals surface area contributed by atoms with Crippen molar-refractivity contribution >= 4 is 11.0 Å². The van der Waals surface area contributed by atoms with E-state index in [9.17, 15) is 0 Å². The molecule has 3 heteroatoms. The van der Waals surface area contributed by atoms with Gasteiger partial charge >= 0.3 is 0 Å². The van der Waals surface area contributed by atoms with Crippen molar-refractivity contribution in [3.8, 4) is 0 Å². The second-order valence-corrected chi connectivity index (χ2v) is 6.73. The molecule has 0 bridgehead atoms. The van der Waals surface area contributed by atoms with Crippen molar-refractivity contribution < 1.29 is 4.74 Å². The van der Waals surface area contributed by atoms with Gasteiger partial charge in [0.2, 0.25) is 0 Å². The minimum Gasteiger partial charge on any atom is -0.370 e. The van der Waals surface area contributed by atoms with E-state index < -0.39 is 0 Å². The Morgan fingerprint density at radius 3 is 2.65 bits per heavy atom. The Balaban J connectivity index is 1.62. The van der Waals surface area contributed by atoms with E-state index in [0.717, 1.165) is 37.3 Å². The molecule has 2 aromatic rings. The molecule has 1 aliphatic heterocycles. The normalized spacial score (nSPS) is 18.0. The summed E-state index contributed by atoms with van der Waals surface area (Å²) >= 11 is 0. The van der Waals surface area contributed by atoms with Crippen LogP contribution < -0.4 is 0 Å². The number of hydrogen-bond donors (Lipinski definition) is 0. The van der Waals surface area contributed by atoms with Crippen LogP contribution in [-0.2, 0) is 11.3 Å². The van der Waals surface area contributed by atoms with Crippen LogP contribution in [0.5, 0.6) is 0 Å². The van der Waals surface area contributed by atoms with Crippen LogP contribution in [0, 0.1) is 0 Å². The first-order valence-electron chi connectivity index (χ1n) is 9.47. The van der Waals surface area contributed by atoms with E-state index >= 15 is 0 Å². The van der Waals surface area contributed by atoms with E-state index in [4.69, 9.17) is 9.72 Å². The maximum Gasteiger partial charge on any atom is 0.139 e. The fraction of sp³-hybridized carbons (Fsp3) is 0.650. The first-order valence-corrected chi connectivity index (χ1v) is 9.47. The molecule has 1 aliphatic rings. The van der Waals surface area contributed by atoms with Gasteiger partial charge in [-0.1, -0.05) is 57.6 Å². The maximum atomic E-state index is 5.90. The van der Waals surface area contributed by atoms with Crippen LogP contribution in [-0.4, -0.2) is 16.2 Å². The Labute approximate surface area is 140 Å². The lowest BCUT2D eigenvalue weighted by molar-refractivity contribution is 0.102. The quantitative estimate of drug-likeness (QED) is 0.560. The lowest BCUT2D eigenvalue weighted by atomic mass is 10.1. The summed E-state index contributed by atoms with van der Waals surface area (Å²) in [5.74, 6) is 1.15. The van der Waals surface area contributed by atoms with Crippen LogP contribution in [0.2, 0.25) is 0 Å². The number of fused-ring (bicyclic) bond motifs is 1. The Bertz CT molecular complexity index is 599. The van der Waals surface area contributed by atoms with Crippen molar-refractivity contribution in [1.29, 1.82) is 0 Å². The first kappa shape index (κ1) is 16.5. The van der Waals surface area contributed by atoms with Gasteiger partial charge in [0.15, 0.2) is 0 Å². The number of ether oxygens (including phenoxy) is 1. The minimum absolute atomic E-state index is 0.201. The number of rotatable bonds is 9. The van der Waals surface area contributed by atoms with E-state index in [0.29, 0.717) is 0 Å². The summed E-state index contributed by atoms with van der Waals surface area (Å²) in [7, 11) is 0. The summed E-state index contributed by atoms with van der Waals surface area (Å²) in [4.78, 5) is 4.87. The second-order valence-electron chi connectivity index (χ2n) is 6.73. The molecule has 1 fully saturated rings. The van der Waals surface area contributed by atoms with Crippen LogP contribution in [0.4, 0.5) is 0 Å². The van der Waals surface area contributed by atoms with Crippen LogP contribution in [0.3, 0.4) is 0 Å². The van der Waals surface area contributed by atoms with E-state index in [2.05, 4.69) is 35.8 Å². The third-order valence-electron chi connectivity index (χ3n) is 4.89. The van der Waals surface area contributed by atoms with Gasteiger partial charge in [0, 0.05) is 13.2 Å². The highest BCUT2D eigenvalue weighted by atomic mass is 16.5. The monoisotopic (exact) mass is 314 g/mol. The lowest BCUT2D eigenvalue weighted by Crippen LogP contribution is -2.09. The number of hydrogen-bond acceptors (Lipinski definition) is 2. The number of unbranched alkanes of at least 4 members (excludes halogenated alkanes) is 6. The van der Waals surface area contributed by atoms with Gasteiger partial charge in [-0.25, -0.2) is 4.98 Å². The summed E-state index contributed by atoms with van der Waals surface area (Å²) in [6.45, 7) is 4.23. The molecular weight excluding hydrogens is 284 g/mol. The number of aromatic nitrogens is 2. The minimum atomic E-state index is 0.201. The Kier molecular flexibility index (Phi) is 6.09. The van der Waals surface area contributed by atoms with Gasteiger partial charge in [-0.3, -0.25) is 0 Å². The predicted octanol–water partition coefficient (Wildman–Crippen LogP) is 5.64. The molecule has 1 atom stereocenters. The molecule has 23 heavy (non-hydrogen) atoms. The maximum absolute atomic E-state index is 5.90. The van der Waals surface area contributed by atoms with Gasteiger partial charge in [-0.2, -0.15) is 0 Å². The molecule has 0 aliphatic carbocycles. The average molecular weight is 314 g/mol. The fourth-order valence-corrected chi connectivity index (χ4v) is 3.58. The molecule has 0 spiro atoms.